The zero-order valence-electron chi connectivity index (χ0n) is 12.6. The van der Waals surface area contributed by atoms with Crippen LogP contribution in [0.5, 0.6) is 0 Å². The Bertz CT molecular complexity index is 596. The van der Waals surface area contributed by atoms with Gasteiger partial charge >= 0.3 is 5.97 Å². The summed E-state index contributed by atoms with van der Waals surface area (Å²) in [4.78, 5) is 24.2. The minimum absolute atomic E-state index is 0.235. The number of nitrogens with zero attached hydrogens (tertiary/aromatic N) is 1. The van der Waals surface area contributed by atoms with Crippen molar-refractivity contribution in [2.75, 3.05) is 7.11 Å². The number of nitrogens with one attached hydrogen (secondary N) is 2. The van der Waals surface area contributed by atoms with Gasteiger partial charge in [-0.2, -0.15) is 5.26 Å². The van der Waals surface area contributed by atoms with E-state index in [9.17, 15) is 14.9 Å². The van der Waals surface area contributed by atoms with Crippen molar-refractivity contribution in [3.8, 4) is 6.07 Å². The molecule has 0 saturated carbocycles. The Kier molecular flexibility index (Phi) is 4.78. The lowest BCUT2D eigenvalue weighted by Crippen LogP contribution is -2.46. The van der Waals surface area contributed by atoms with E-state index in [1.807, 2.05) is 30.3 Å². The van der Waals surface area contributed by atoms with Crippen molar-refractivity contribution in [1.29, 1.82) is 5.26 Å². The molecule has 2 N–H and O–H groups in total. The molecule has 3 atom stereocenters. The van der Waals surface area contributed by atoms with Gasteiger partial charge in [-0.15, -0.1) is 0 Å². The van der Waals surface area contributed by atoms with Crippen LogP contribution in [0.1, 0.15) is 18.9 Å². The molecule has 1 unspecified atom stereocenters. The predicted molar refractivity (Wildman–Crippen MR) is 79.4 cm³/mol. The number of carbonyl (C=O) groups is 2. The Morgan fingerprint density at radius 1 is 1.45 bits per heavy atom. The average molecular weight is 301 g/mol. The molecule has 22 heavy (non-hydrogen) atoms. The normalized spacial score (nSPS) is 27.0. The van der Waals surface area contributed by atoms with Crippen LogP contribution in [0.3, 0.4) is 0 Å². The average Bonchev–Trinajstić information content (AvgIpc) is 2.91. The van der Waals surface area contributed by atoms with E-state index in [-0.39, 0.29) is 12.3 Å². The maximum Gasteiger partial charge on any atom is 0.322 e. The quantitative estimate of drug-likeness (QED) is 0.800. The smallest absolute Gasteiger partial charge is 0.322 e. The van der Waals surface area contributed by atoms with E-state index in [1.165, 1.54) is 7.11 Å². The van der Waals surface area contributed by atoms with Gasteiger partial charge in [-0.05, 0) is 18.9 Å². The highest BCUT2D eigenvalue weighted by molar-refractivity contribution is 5.86. The van der Waals surface area contributed by atoms with Gasteiger partial charge < -0.3 is 10.1 Å². The van der Waals surface area contributed by atoms with Crippen LogP contribution < -0.4 is 10.6 Å². The second-order valence-corrected chi connectivity index (χ2v) is 5.59. The molecule has 1 fully saturated rings. The SMILES string of the molecule is COC(=O)[C@@H]1C[C@@](C)(C(=O)NCc2ccccc2)C(C#N)N1. The summed E-state index contributed by atoms with van der Waals surface area (Å²) in [5.41, 5.74) is 0.00555. The van der Waals surface area contributed by atoms with Crippen LogP contribution in [0, 0.1) is 16.7 Å². The standard InChI is InChI=1S/C16H19N3O3/c1-16(8-12(14(20)22-2)19-13(16)9-17)15(21)18-10-11-6-4-3-5-7-11/h3-7,12-13,19H,8,10H2,1-2H3,(H,18,21)/t12-,13?,16+/m0/s1. The third-order valence-corrected chi connectivity index (χ3v) is 4.06. The molecule has 1 amide bonds. The zero-order chi connectivity index (χ0) is 16.2. The molecule has 6 nitrogen and oxygen atoms in total. The van der Waals surface area contributed by atoms with E-state index in [0.29, 0.717) is 6.54 Å². The monoisotopic (exact) mass is 301 g/mol. The van der Waals surface area contributed by atoms with Gasteiger partial charge in [0.2, 0.25) is 5.91 Å². The van der Waals surface area contributed by atoms with Crippen LogP contribution in [0.25, 0.3) is 0 Å². The Labute approximate surface area is 129 Å². The van der Waals surface area contributed by atoms with Crippen LogP contribution in [0.15, 0.2) is 30.3 Å². The molecular weight excluding hydrogens is 282 g/mol. The molecule has 1 aromatic rings. The minimum Gasteiger partial charge on any atom is -0.468 e. The van der Waals surface area contributed by atoms with Gasteiger partial charge in [-0.3, -0.25) is 14.9 Å². The highest BCUT2D eigenvalue weighted by atomic mass is 16.5. The summed E-state index contributed by atoms with van der Waals surface area (Å²) in [5, 5.41) is 15.0. The first-order valence-electron chi connectivity index (χ1n) is 7.07. The summed E-state index contributed by atoms with van der Waals surface area (Å²) in [7, 11) is 1.29. The Morgan fingerprint density at radius 3 is 2.73 bits per heavy atom. The van der Waals surface area contributed by atoms with Crippen molar-refractivity contribution in [3.63, 3.8) is 0 Å². The predicted octanol–water partition coefficient (Wildman–Crippen LogP) is 0.736. The lowest BCUT2D eigenvalue weighted by Gasteiger charge is -2.25. The van der Waals surface area contributed by atoms with Crippen LogP contribution in [0.4, 0.5) is 0 Å². The molecule has 0 aliphatic carbocycles. The fourth-order valence-corrected chi connectivity index (χ4v) is 2.66. The van der Waals surface area contributed by atoms with Crippen LogP contribution in [-0.2, 0) is 20.9 Å². The van der Waals surface area contributed by atoms with Gasteiger partial charge in [-0.1, -0.05) is 30.3 Å². The lowest BCUT2D eigenvalue weighted by molar-refractivity contribution is -0.142. The van der Waals surface area contributed by atoms with Crippen LogP contribution in [-0.4, -0.2) is 31.1 Å². The fraction of sp³-hybridized carbons (Fsp3) is 0.438. The highest BCUT2D eigenvalue weighted by Crippen LogP contribution is 2.34. The van der Waals surface area contributed by atoms with E-state index in [0.717, 1.165) is 5.56 Å². The summed E-state index contributed by atoms with van der Waals surface area (Å²) in [5.74, 6) is -0.707. The first-order valence-corrected chi connectivity index (χ1v) is 7.07. The van der Waals surface area contributed by atoms with E-state index in [1.54, 1.807) is 6.92 Å². The Hall–Kier alpha value is -2.39. The van der Waals surface area contributed by atoms with Crippen molar-refractivity contribution in [3.05, 3.63) is 35.9 Å². The number of amides is 1. The number of hydrogen-bond acceptors (Lipinski definition) is 5. The molecule has 1 heterocycles. The van der Waals surface area contributed by atoms with Gasteiger partial charge in [0.05, 0.1) is 18.6 Å². The van der Waals surface area contributed by atoms with Crippen LogP contribution in [0.2, 0.25) is 0 Å². The van der Waals surface area contributed by atoms with Gasteiger partial charge in [0.15, 0.2) is 0 Å². The molecule has 1 aliphatic rings. The van der Waals surface area contributed by atoms with Crippen LogP contribution >= 0.6 is 0 Å². The molecule has 116 valence electrons. The molecule has 1 aromatic carbocycles. The second kappa shape index (κ2) is 6.58. The van der Waals surface area contributed by atoms with E-state index < -0.39 is 23.5 Å². The number of rotatable bonds is 4. The number of esters is 1. The first-order chi connectivity index (χ1) is 10.5. The number of ether oxygens (including phenoxy) is 1. The summed E-state index contributed by atoms with van der Waals surface area (Å²) in [6.07, 6.45) is 0.235. The van der Waals surface area contributed by atoms with Crippen molar-refractivity contribution in [2.24, 2.45) is 5.41 Å². The van der Waals surface area contributed by atoms with Crippen molar-refractivity contribution >= 4 is 11.9 Å². The molecule has 1 saturated heterocycles. The first kappa shape index (κ1) is 16.0. The third-order valence-electron chi connectivity index (χ3n) is 4.06. The maximum atomic E-state index is 12.5. The lowest BCUT2D eigenvalue weighted by atomic mass is 9.81. The van der Waals surface area contributed by atoms with Crippen molar-refractivity contribution < 1.29 is 14.3 Å². The van der Waals surface area contributed by atoms with E-state index >= 15 is 0 Å². The molecule has 2 rings (SSSR count). The topological polar surface area (TPSA) is 91.2 Å². The van der Waals surface area contributed by atoms with E-state index in [2.05, 4.69) is 21.4 Å². The molecule has 0 bridgehead atoms. The fourth-order valence-electron chi connectivity index (χ4n) is 2.66. The Morgan fingerprint density at radius 2 is 2.14 bits per heavy atom. The third kappa shape index (κ3) is 3.10. The molecule has 0 spiro atoms. The number of methoxy groups -OCH3 is 1. The largest absolute Gasteiger partial charge is 0.468 e. The van der Waals surface area contributed by atoms with Gasteiger partial charge in [0.1, 0.15) is 12.1 Å². The summed E-state index contributed by atoms with van der Waals surface area (Å²) >= 11 is 0. The number of nitriles is 1. The number of hydrogen-bond donors (Lipinski definition) is 2. The minimum atomic E-state index is -0.970. The molecule has 0 aromatic heterocycles. The van der Waals surface area contributed by atoms with Crippen molar-refractivity contribution in [2.45, 2.75) is 32.0 Å². The Balaban J connectivity index is 2.06. The van der Waals surface area contributed by atoms with Gasteiger partial charge in [0.25, 0.3) is 0 Å². The molecule has 0 radical (unpaired) electrons. The summed E-state index contributed by atoms with van der Waals surface area (Å²) in [6, 6.07) is 10.2. The maximum absolute atomic E-state index is 12.5. The molecule has 1 aliphatic heterocycles. The van der Waals surface area contributed by atoms with Gasteiger partial charge in [0, 0.05) is 6.54 Å². The number of benzene rings is 1. The van der Waals surface area contributed by atoms with Crippen molar-refractivity contribution in [1.82, 2.24) is 10.6 Å². The molecule has 6 heteroatoms. The summed E-state index contributed by atoms with van der Waals surface area (Å²) in [6.45, 7) is 2.08. The number of carbonyl (C=O) groups excluding carboxylic acids is 2. The molecular formula is C16H19N3O3. The summed E-state index contributed by atoms with van der Waals surface area (Å²) < 4.78 is 4.69. The highest BCUT2D eigenvalue weighted by Gasteiger charge is 2.51. The second-order valence-electron chi connectivity index (χ2n) is 5.59. The van der Waals surface area contributed by atoms with Gasteiger partial charge in [-0.25, -0.2) is 0 Å². The zero-order valence-corrected chi connectivity index (χ0v) is 12.6. The van der Waals surface area contributed by atoms with E-state index in [4.69, 9.17) is 0 Å².